The number of carbonyl (C=O) groups is 2. The van der Waals surface area contributed by atoms with Crippen LogP contribution in [0.2, 0.25) is 0 Å². The third kappa shape index (κ3) is 5.22. The first-order valence-corrected chi connectivity index (χ1v) is 13.5. The van der Waals surface area contributed by atoms with Crippen molar-refractivity contribution in [2.24, 2.45) is 0 Å². The molecule has 2 unspecified atom stereocenters. The molecule has 6 rings (SSSR count). The lowest BCUT2D eigenvalue weighted by molar-refractivity contribution is -0.137. The van der Waals surface area contributed by atoms with E-state index in [1.165, 1.54) is 12.1 Å². The minimum atomic E-state index is -4.49. The Bertz CT molecular complexity index is 1360. The first-order valence-electron chi connectivity index (χ1n) is 13.5. The fourth-order valence-corrected chi connectivity index (χ4v) is 5.94. The Hall–Kier alpha value is -3.53. The number of Topliss-reactive ketones (excluding diaryl/α,β-unsaturated/α-hetero) is 1. The van der Waals surface area contributed by atoms with E-state index >= 15 is 0 Å². The molecule has 4 heterocycles. The number of ketones is 1. The maximum absolute atomic E-state index is 13.6. The van der Waals surface area contributed by atoms with Gasteiger partial charge in [-0.2, -0.15) is 18.3 Å². The van der Waals surface area contributed by atoms with Crippen LogP contribution in [-0.2, 0) is 6.18 Å². The number of alkyl halides is 3. The molecule has 39 heavy (non-hydrogen) atoms. The Labute approximate surface area is 224 Å². The highest BCUT2D eigenvalue weighted by atomic mass is 19.4. The summed E-state index contributed by atoms with van der Waals surface area (Å²) < 4.78 is 41.3. The number of rotatable bonds is 6. The lowest BCUT2D eigenvalue weighted by Crippen LogP contribution is -2.39. The molecule has 1 saturated carbocycles. The quantitative estimate of drug-likeness (QED) is 0.449. The Morgan fingerprint density at radius 1 is 0.974 bits per heavy atom. The van der Waals surface area contributed by atoms with Crippen molar-refractivity contribution in [3.8, 4) is 0 Å². The topological polar surface area (TPSA) is 80.1 Å². The van der Waals surface area contributed by atoms with Gasteiger partial charge in [-0.1, -0.05) is 12.1 Å². The molecule has 2 saturated heterocycles. The van der Waals surface area contributed by atoms with Gasteiger partial charge in [0.05, 0.1) is 35.1 Å². The summed E-state index contributed by atoms with van der Waals surface area (Å²) >= 11 is 0. The Balaban J connectivity index is 1.14. The molecule has 2 aliphatic heterocycles. The van der Waals surface area contributed by atoms with Crippen molar-refractivity contribution in [2.45, 2.75) is 62.2 Å². The van der Waals surface area contributed by atoms with E-state index in [1.807, 2.05) is 23.0 Å². The van der Waals surface area contributed by atoms with E-state index in [2.05, 4.69) is 15.4 Å². The van der Waals surface area contributed by atoms with Gasteiger partial charge in [-0.3, -0.25) is 19.3 Å². The van der Waals surface area contributed by atoms with Crippen LogP contribution in [0, 0.1) is 0 Å². The van der Waals surface area contributed by atoms with Gasteiger partial charge in [0.1, 0.15) is 0 Å². The SMILES string of the molecule is O=C(c1cnn(C2CCN(C(=O)c3cccc(C(F)(F)F)c3)CC2)c1C1CC1)C1CC(c2cccnc2)CN1. The number of nitrogens with one attached hydrogen (secondary N) is 1. The molecule has 1 aromatic carbocycles. The largest absolute Gasteiger partial charge is 0.416 e. The molecule has 7 nitrogen and oxygen atoms in total. The van der Waals surface area contributed by atoms with Crippen LogP contribution in [0.3, 0.4) is 0 Å². The number of hydrogen-bond donors (Lipinski definition) is 1. The van der Waals surface area contributed by atoms with Crippen LogP contribution in [-0.4, -0.2) is 57.0 Å². The summed E-state index contributed by atoms with van der Waals surface area (Å²) in [6, 6.07) is 8.31. The van der Waals surface area contributed by atoms with Crippen LogP contribution in [0.25, 0.3) is 0 Å². The number of amides is 1. The molecule has 2 aromatic heterocycles. The van der Waals surface area contributed by atoms with Crippen molar-refractivity contribution in [1.82, 2.24) is 25.0 Å². The molecular weight excluding hydrogens is 507 g/mol. The zero-order valence-corrected chi connectivity index (χ0v) is 21.4. The van der Waals surface area contributed by atoms with E-state index in [-0.39, 0.29) is 29.3 Å². The fourth-order valence-electron chi connectivity index (χ4n) is 5.94. The highest BCUT2D eigenvalue weighted by molar-refractivity contribution is 6.01. The van der Waals surface area contributed by atoms with E-state index in [1.54, 1.807) is 17.3 Å². The van der Waals surface area contributed by atoms with Gasteiger partial charge in [-0.15, -0.1) is 0 Å². The fraction of sp³-hybridized carbons (Fsp3) is 0.448. The summed E-state index contributed by atoms with van der Waals surface area (Å²) in [5, 5.41) is 8.06. The van der Waals surface area contributed by atoms with Gasteiger partial charge >= 0.3 is 6.18 Å². The number of likely N-dealkylation sites (tertiary alicyclic amines) is 1. The average molecular weight is 538 g/mol. The minimum Gasteiger partial charge on any atom is -0.338 e. The number of halogens is 3. The normalized spacial score (nSPS) is 22.3. The van der Waals surface area contributed by atoms with Gasteiger partial charge < -0.3 is 10.2 Å². The van der Waals surface area contributed by atoms with Gasteiger partial charge in [0.15, 0.2) is 5.78 Å². The second-order valence-electron chi connectivity index (χ2n) is 10.8. The second-order valence-corrected chi connectivity index (χ2v) is 10.8. The summed E-state index contributed by atoms with van der Waals surface area (Å²) in [6.45, 7) is 1.57. The number of benzene rings is 1. The molecule has 3 fully saturated rings. The molecular formula is C29H30F3N5O2. The Morgan fingerprint density at radius 3 is 2.46 bits per heavy atom. The minimum absolute atomic E-state index is 0.0346. The average Bonchev–Trinajstić information content (AvgIpc) is 3.50. The molecule has 1 aliphatic carbocycles. The van der Waals surface area contributed by atoms with E-state index < -0.39 is 17.6 Å². The van der Waals surface area contributed by atoms with Crippen LogP contribution < -0.4 is 5.32 Å². The van der Waals surface area contributed by atoms with Gasteiger partial charge in [0, 0.05) is 43.5 Å². The standard InChI is InChI=1S/C29H30F3N5O2/c30-29(31,32)22-5-1-3-19(13-22)28(39)36-11-8-23(9-12-36)37-26(18-6-7-18)24(17-35-37)27(38)25-14-21(16-34-25)20-4-2-10-33-15-20/h1-5,10,13,15,17-18,21,23,25,34H,6-9,11-12,14,16H2. The van der Waals surface area contributed by atoms with Crippen LogP contribution in [0.5, 0.6) is 0 Å². The van der Waals surface area contributed by atoms with Crippen LogP contribution in [0.4, 0.5) is 13.2 Å². The monoisotopic (exact) mass is 537 g/mol. The second kappa shape index (κ2) is 10.2. The third-order valence-corrected chi connectivity index (χ3v) is 8.20. The van der Waals surface area contributed by atoms with Gasteiger partial charge in [-0.05, 0) is 67.9 Å². The maximum Gasteiger partial charge on any atom is 0.416 e. The zero-order chi connectivity index (χ0) is 27.1. The van der Waals surface area contributed by atoms with E-state index in [9.17, 15) is 22.8 Å². The number of hydrogen-bond acceptors (Lipinski definition) is 5. The van der Waals surface area contributed by atoms with Crippen LogP contribution >= 0.6 is 0 Å². The predicted molar refractivity (Wildman–Crippen MR) is 138 cm³/mol. The van der Waals surface area contributed by atoms with Crippen molar-refractivity contribution in [1.29, 1.82) is 0 Å². The maximum atomic E-state index is 13.6. The van der Waals surface area contributed by atoms with Crippen LogP contribution in [0.15, 0.2) is 55.0 Å². The van der Waals surface area contributed by atoms with E-state index in [0.717, 1.165) is 49.2 Å². The molecule has 1 amide bonds. The molecule has 10 heteroatoms. The van der Waals surface area contributed by atoms with Gasteiger partial charge in [-0.25, -0.2) is 0 Å². The van der Waals surface area contributed by atoms with Crippen LogP contribution in [0.1, 0.15) is 87.5 Å². The van der Waals surface area contributed by atoms with Crippen molar-refractivity contribution >= 4 is 11.7 Å². The molecule has 204 valence electrons. The van der Waals surface area contributed by atoms with Crippen molar-refractivity contribution in [3.63, 3.8) is 0 Å². The lowest BCUT2D eigenvalue weighted by atomic mass is 9.94. The zero-order valence-electron chi connectivity index (χ0n) is 21.4. The van der Waals surface area contributed by atoms with Crippen molar-refractivity contribution in [2.75, 3.05) is 19.6 Å². The van der Waals surface area contributed by atoms with E-state index in [0.29, 0.717) is 37.4 Å². The van der Waals surface area contributed by atoms with Crippen molar-refractivity contribution in [3.05, 3.63) is 82.9 Å². The summed E-state index contributed by atoms with van der Waals surface area (Å²) in [5.41, 5.74) is 2.03. The Morgan fingerprint density at radius 2 is 1.77 bits per heavy atom. The first-order chi connectivity index (χ1) is 18.8. The van der Waals surface area contributed by atoms with Gasteiger partial charge in [0.2, 0.25) is 0 Å². The Kier molecular flexibility index (Phi) is 6.74. The molecule has 0 bridgehead atoms. The number of nitrogens with zero attached hydrogens (tertiary/aromatic N) is 4. The molecule has 1 N–H and O–H groups in total. The molecule has 2 atom stereocenters. The number of pyridine rings is 1. The first kappa shape index (κ1) is 25.7. The molecule has 0 radical (unpaired) electrons. The summed E-state index contributed by atoms with van der Waals surface area (Å²) in [6.07, 6.45) is 4.84. The highest BCUT2D eigenvalue weighted by Crippen LogP contribution is 2.44. The number of aromatic nitrogens is 3. The lowest BCUT2D eigenvalue weighted by Gasteiger charge is -2.33. The van der Waals surface area contributed by atoms with Crippen molar-refractivity contribution < 1.29 is 22.8 Å². The molecule has 3 aromatic rings. The summed E-state index contributed by atoms with van der Waals surface area (Å²) in [5.74, 6) is 0.234. The predicted octanol–water partition coefficient (Wildman–Crippen LogP) is 4.98. The third-order valence-electron chi connectivity index (χ3n) is 8.20. The smallest absolute Gasteiger partial charge is 0.338 e. The van der Waals surface area contributed by atoms with E-state index in [4.69, 9.17) is 0 Å². The molecule has 3 aliphatic rings. The summed E-state index contributed by atoms with van der Waals surface area (Å²) in [7, 11) is 0. The molecule has 0 spiro atoms. The number of piperidine rings is 1. The summed E-state index contributed by atoms with van der Waals surface area (Å²) in [4.78, 5) is 32.4. The van der Waals surface area contributed by atoms with Gasteiger partial charge in [0.25, 0.3) is 5.91 Å². The highest BCUT2D eigenvalue weighted by Gasteiger charge is 2.39. The number of carbonyl (C=O) groups excluding carboxylic acids is 2.